The van der Waals surface area contributed by atoms with E-state index in [9.17, 15) is 9.59 Å². The van der Waals surface area contributed by atoms with E-state index in [0.717, 1.165) is 18.6 Å². The monoisotopic (exact) mass is 290 g/mol. The van der Waals surface area contributed by atoms with Crippen LogP contribution in [0.1, 0.15) is 32.3 Å². The van der Waals surface area contributed by atoms with Crippen LogP contribution in [0.15, 0.2) is 24.3 Å². The number of ether oxygens (including phenoxy) is 1. The van der Waals surface area contributed by atoms with Crippen LogP contribution < -0.4 is 10.1 Å². The second-order valence-corrected chi connectivity index (χ2v) is 5.13. The first-order valence-corrected chi connectivity index (χ1v) is 7.49. The lowest BCUT2D eigenvalue weighted by atomic mass is 10.2. The maximum absolute atomic E-state index is 12.0. The van der Waals surface area contributed by atoms with Crippen molar-refractivity contribution in [3.05, 3.63) is 29.8 Å². The number of imide groups is 1. The predicted molar refractivity (Wildman–Crippen MR) is 80.3 cm³/mol. The van der Waals surface area contributed by atoms with Crippen molar-refractivity contribution in [1.29, 1.82) is 0 Å². The van der Waals surface area contributed by atoms with Gasteiger partial charge in [0, 0.05) is 0 Å². The number of carbonyl (C=O) groups excluding carboxylic acids is 2. The molecule has 1 N–H and O–H groups in total. The van der Waals surface area contributed by atoms with Gasteiger partial charge in [0.2, 0.25) is 0 Å². The highest BCUT2D eigenvalue weighted by molar-refractivity contribution is 6.04. The molecule has 114 valence electrons. The molecule has 21 heavy (non-hydrogen) atoms. The van der Waals surface area contributed by atoms with E-state index in [2.05, 4.69) is 12.2 Å². The minimum absolute atomic E-state index is 0.146. The predicted octanol–water partition coefficient (Wildman–Crippen LogP) is 2.35. The van der Waals surface area contributed by atoms with Crippen LogP contribution in [0.25, 0.3) is 0 Å². The fourth-order valence-corrected chi connectivity index (χ4v) is 2.38. The van der Waals surface area contributed by atoms with Gasteiger partial charge in [-0.25, -0.2) is 4.79 Å². The molecule has 3 amide bonds. The lowest BCUT2D eigenvalue weighted by molar-refractivity contribution is -0.127. The highest BCUT2D eigenvalue weighted by Crippen LogP contribution is 2.15. The highest BCUT2D eigenvalue weighted by Gasteiger charge is 2.36. The summed E-state index contributed by atoms with van der Waals surface area (Å²) in [6.45, 7) is 4.67. The van der Waals surface area contributed by atoms with Gasteiger partial charge in [0.25, 0.3) is 5.91 Å². The van der Waals surface area contributed by atoms with Gasteiger partial charge in [0.15, 0.2) is 0 Å². The maximum Gasteiger partial charge on any atom is 0.324 e. The number of urea groups is 1. The number of benzene rings is 1. The van der Waals surface area contributed by atoms with Crippen LogP contribution in [-0.2, 0) is 11.2 Å². The van der Waals surface area contributed by atoms with Crippen LogP contribution >= 0.6 is 0 Å². The quantitative estimate of drug-likeness (QED) is 0.784. The van der Waals surface area contributed by atoms with Crippen molar-refractivity contribution in [2.45, 2.75) is 39.2 Å². The van der Waals surface area contributed by atoms with E-state index in [0.29, 0.717) is 13.0 Å². The van der Waals surface area contributed by atoms with Crippen LogP contribution in [0.5, 0.6) is 5.75 Å². The Hall–Kier alpha value is -2.04. The molecule has 1 saturated heterocycles. The second-order valence-electron chi connectivity index (χ2n) is 5.13. The van der Waals surface area contributed by atoms with Crippen LogP contribution in [0.2, 0.25) is 0 Å². The number of hydrogen-bond donors (Lipinski definition) is 1. The molecule has 1 aliphatic heterocycles. The molecule has 1 heterocycles. The minimum atomic E-state index is -0.370. The summed E-state index contributed by atoms with van der Waals surface area (Å²) >= 11 is 0. The number of aryl methyl sites for hydroxylation is 1. The van der Waals surface area contributed by atoms with Crippen LogP contribution in [-0.4, -0.2) is 36.0 Å². The van der Waals surface area contributed by atoms with Crippen molar-refractivity contribution < 1.29 is 14.3 Å². The van der Waals surface area contributed by atoms with E-state index >= 15 is 0 Å². The summed E-state index contributed by atoms with van der Waals surface area (Å²) in [5.41, 5.74) is 1.20. The normalized spacial score (nSPS) is 18.0. The van der Waals surface area contributed by atoms with Crippen molar-refractivity contribution in [3.8, 4) is 5.75 Å². The van der Waals surface area contributed by atoms with Gasteiger partial charge in [0.1, 0.15) is 18.4 Å². The van der Waals surface area contributed by atoms with E-state index < -0.39 is 0 Å². The molecule has 1 fully saturated rings. The minimum Gasteiger partial charge on any atom is -0.492 e. The lowest BCUT2D eigenvalue weighted by Crippen LogP contribution is -2.35. The smallest absolute Gasteiger partial charge is 0.324 e. The van der Waals surface area contributed by atoms with Crippen molar-refractivity contribution in [1.82, 2.24) is 10.2 Å². The fourth-order valence-electron chi connectivity index (χ4n) is 2.38. The summed E-state index contributed by atoms with van der Waals surface area (Å²) in [5.74, 6) is 0.624. The van der Waals surface area contributed by atoms with Gasteiger partial charge in [-0.2, -0.15) is 0 Å². The summed E-state index contributed by atoms with van der Waals surface area (Å²) in [7, 11) is 0. The second kappa shape index (κ2) is 7.11. The van der Waals surface area contributed by atoms with E-state index in [1.165, 1.54) is 10.5 Å². The van der Waals surface area contributed by atoms with Crippen molar-refractivity contribution in [3.63, 3.8) is 0 Å². The fraction of sp³-hybridized carbons (Fsp3) is 0.500. The zero-order chi connectivity index (χ0) is 15.2. The molecule has 5 heteroatoms. The molecule has 0 aromatic heterocycles. The molecule has 0 saturated carbocycles. The zero-order valence-electron chi connectivity index (χ0n) is 12.6. The van der Waals surface area contributed by atoms with Gasteiger partial charge in [0.05, 0.1) is 6.54 Å². The van der Waals surface area contributed by atoms with Crippen LogP contribution in [0.3, 0.4) is 0 Å². The SMILES string of the molecule is CCCC1NC(=O)N(CCOc2cccc(CC)c2)C1=O. The number of hydrogen-bond acceptors (Lipinski definition) is 3. The van der Waals surface area contributed by atoms with Crippen LogP contribution in [0, 0.1) is 0 Å². The molecule has 1 aromatic rings. The molecule has 1 aliphatic rings. The van der Waals surface area contributed by atoms with Crippen molar-refractivity contribution in [2.24, 2.45) is 0 Å². The molecule has 1 aromatic carbocycles. The Kier molecular flexibility index (Phi) is 5.20. The van der Waals surface area contributed by atoms with Crippen molar-refractivity contribution in [2.75, 3.05) is 13.2 Å². The van der Waals surface area contributed by atoms with Gasteiger partial charge in [-0.05, 0) is 30.5 Å². The summed E-state index contributed by atoms with van der Waals surface area (Å²) in [6.07, 6.45) is 2.49. The third-order valence-corrected chi connectivity index (χ3v) is 3.57. The Morgan fingerprint density at radius 2 is 2.10 bits per heavy atom. The Morgan fingerprint density at radius 3 is 2.81 bits per heavy atom. The maximum atomic E-state index is 12.0. The molecule has 5 nitrogen and oxygen atoms in total. The molecule has 1 atom stereocenters. The number of carbonyl (C=O) groups is 2. The lowest BCUT2D eigenvalue weighted by Gasteiger charge is -2.14. The van der Waals surface area contributed by atoms with Gasteiger partial charge >= 0.3 is 6.03 Å². The van der Waals surface area contributed by atoms with E-state index in [4.69, 9.17) is 4.74 Å². The van der Waals surface area contributed by atoms with Gasteiger partial charge in [-0.1, -0.05) is 32.4 Å². The number of rotatable bonds is 7. The van der Waals surface area contributed by atoms with E-state index in [-0.39, 0.29) is 24.5 Å². The third-order valence-electron chi connectivity index (χ3n) is 3.57. The van der Waals surface area contributed by atoms with Crippen molar-refractivity contribution >= 4 is 11.9 Å². The molecule has 2 rings (SSSR count). The summed E-state index contributed by atoms with van der Waals surface area (Å²) in [5, 5.41) is 2.70. The van der Waals surface area contributed by atoms with Gasteiger partial charge < -0.3 is 10.1 Å². The number of nitrogens with zero attached hydrogens (tertiary/aromatic N) is 1. The Morgan fingerprint density at radius 1 is 1.29 bits per heavy atom. The van der Waals surface area contributed by atoms with E-state index in [1.807, 2.05) is 31.2 Å². The molecule has 1 unspecified atom stereocenters. The summed E-state index contributed by atoms with van der Waals surface area (Å²) in [4.78, 5) is 25.0. The van der Waals surface area contributed by atoms with Gasteiger partial charge in [-0.15, -0.1) is 0 Å². The highest BCUT2D eigenvalue weighted by atomic mass is 16.5. The largest absolute Gasteiger partial charge is 0.492 e. The Labute approximate surface area is 125 Å². The molecule has 0 radical (unpaired) electrons. The summed E-state index contributed by atoms with van der Waals surface area (Å²) in [6, 6.07) is 7.16. The standard InChI is InChI=1S/C16H22N2O3/c1-3-6-14-15(19)18(16(20)17-14)9-10-21-13-8-5-7-12(4-2)11-13/h5,7-8,11,14H,3-4,6,9-10H2,1-2H3,(H,17,20). The summed E-state index contributed by atoms with van der Waals surface area (Å²) < 4.78 is 5.63. The molecular weight excluding hydrogens is 268 g/mol. The Bertz CT molecular complexity index is 516. The first kappa shape index (κ1) is 15.4. The molecule has 0 spiro atoms. The molecular formula is C16H22N2O3. The van der Waals surface area contributed by atoms with E-state index in [1.54, 1.807) is 0 Å². The first-order valence-electron chi connectivity index (χ1n) is 7.49. The topological polar surface area (TPSA) is 58.6 Å². The van der Waals surface area contributed by atoms with Crippen LogP contribution in [0.4, 0.5) is 4.79 Å². The van der Waals surface area contributed by atoms with Gasteiger partial charge in [-0.3, -0.25) is 9.69 Å². The molecule has 0 bridgehead atoms. The first-order chi connectivity index (χ1) is 10.2. The molecule has 0 aliphatic carbocycles. The number of nitrogens with one attached hydrogen (secondary N) is 1. The zero-order valence-corrected chi connectivity index (χ0v) is 12.6. The number of amides is 3. The average Bonchev–Trinajstić information content (AvgIpc) is 2.75. The third kappa shape index (κ3) is 3.74. The average molecular weight is 290 g/mol. The Balaban J connectivity index is 1.85.